The highest BCUT2D eigenvalue weighted by atomic mass is 28.4. The number of rotatable bonds is 0. The summed E-state index contributed by atoms with van der Waals surface area (Å²) in [5.74, 6) is 0. The van der Waals surface area contributed by atoms with Crippen molar-refractivity contribution in [3.63, 3.8) is 0 Å². The quantitative estimate of drug-likeness (QED) is 0.107. The zero-order chi connectivity index (χ0) is 44.4. The van der Waals surface area contributed by atoms with Crippen molar-refractivity contribution < 1.29 is 0 Å². The third-order valence-corrected chi connectivity index (χ3v) is 20.7. The highest BCUT2D eigenvalue weighted by Gasteiger charge is 2.60. The van der Waals surface area contributed by atoms with Gasteiger partial charge in [-0.3, -0.25) is 0 Å². The van der Waals surface area contributed by atoms with E-state index in [0.717, 1.165) is 0 Å². The van der Waals surface area contributed by atoms with Gasteiger partial charge in [0.1, 0.15) is 0 Å². The summed E-state index contributed by atoms with van der Waals surface area (Å²) < 4.78 is 11.4. The van der Waals surface area contributed by atoms with Crippen LogP contribution < -0.4 is 0 Å². The minimum atomic E-state index is -3.50. The largest absolute Gasteiger partial charge is 0.522 e. The third-order valence-electron chi connectivity index (χ3n) is 16.4. The fourth-order valence-electron chi connectivity index (χ4n) is 13.5. The molecule has 0 atom stereocenters. The lowest BCUT2D eigenvalue weighted by atomic mass is 10.0. The zero-order valence-electron chi connectivity index (χ0n) is 37.1. The first-order valence-corrected chi connectivity index (χ1v) is 25.9. The molecule has 12 aromatic carbocycles. The molecule has 0 saturated heterocycles. The second-order valence-electron chi connectivity index (χ2n) is 19.7. The van der Waals surface area contributed by atoms with Crippen LogP contribution in [0, 0.1) is 0 Å². The molecule has 0 fully saturated rings. The second-order valence-corrected chi connectivity index (χ2v) is 22.7. The highest BCUT2D eigenvalue weighted by molar-refractivity contribution is 6.81. The molecule has 4 nitrogen and oxygen atoms in total. The lowest BCUT2D eigenvalue weighted by Gasteiger charge is -2.32. The maximum absolute atomic E-state index is 3.50. The van der Waals surface area contributed by atoms with Gasteiger partial charge >= 0.3 is 8.72 Å². The molecule has 4 aromatic heterocycles. The Morgan fingerprint density at radius 3 is 0.681 bits per heavy atom. The summed E-state index contributed by atoms with van der Waals surface area (Å²) in [4.78, 5) is 0. The number of fused-ring (bicyclic) bond motifs is 30. The van der Waals surface area contributed by atoms with Gasteiger partial charge in [0, 0.05) is 43.6 Å². The van der Waals surface area contributed by atoms with Gasteiger partial charge in [0.15, 0.2) is 0 Å². The maximum atomic E-state index is 2.84. The van der Waals surface area contributed by atoms with Gasteiger partial charge in [-0.05, 0) is 159 Å². The molecule has 0 unspecified atom stereocenters. The van der Waals surface area contributed by atoms with Crippen LogP contribution in [0.15, 0.2) is 218 Å². The summed E-state index contributed by atoms with van der Waals surface area (Å²) in [6.45, 7) is 0. The average Bonchev–Trinajstić information content (AvgIpc) is 4.24. The number of benzene rings is 12. The van der Waals surface area contributed by atoms with E-state index >= 15 is 0 Å². The highest BCUT2D eigenvalue weighted by Crippen LogP contribution is 2.54. The lowest BCUT2D eigenvalue weighted by molar-refractivity contribution is 0.961. The van der Waals surface area contributed by atoms with Gasteiger partial charge in [-0.15, -0.1) is 0 Å². The van der Waals surface area contributed by atoms with Crippen molar-refractivity contribution in [2.75, 3.05) is 0 Å². The first-order chi connectivity index (χ1) is 34.2. The van der Waals surface area contributed by atoms with Crippen LogP contribution in [0.25, 0.3) is 153 Å². The summed E-state index contributed by atoms with van der Waals surface area (Å²) in [7, 11) is -3.50. The van der Waals surface area contributed by atoms with E-state index in [9.17, 15) is 0 Å². The van der Waals surface area contributed by atoms with E-state index in [2.05, 4.69) is 235 Å². The van der Waals surface area contributed by atoms with E-state index in [4.69, 9.17) is 0 Å². The van der Waals surface area contributed by atoms with Gasteiger partial charge < -0.3 is 16.9 Å². The molecule has 18 rings (SSSR count). The summed E-state index contributed by atoms with van der Waals surface area (Å²) in [5, 5.41) is 25.5. The van der Waals surface area contributed by atoms with E-state index in [-0.39, 0.29) is 0 Å². The molecule has 0 saturated carbocycles. The van der Waals surface area contributed by atoms with E-state index < -0.39 is 8.72 Å². The SMILES string of the molecule is c1ccc2c(c1)ccc1cc3c(cc4n3[Si]3(n5c-4cc4cc6c(ccc7ccccc76)cc45)n4c(cc5cc6c(ccc7ccccc76)cc54)-c4cc5cc6c(ccc7ccccc76)cc5n43)cc12. The molecule has 0 N–H and O–H groups in total. The topological polar surface area (TPSA) is 19.7 Å². The van der Waals surface area contributed by atoms with Crippen LogP contribution in [-0.4, -0.2) is 25.7 Å². The molecular weight excluding hydrogens is 853 g/mol. The van der Waals surface area contributed by atoms with Crippen molar-refractivity contribution in [2.45, 2.75) is 0 Å². The van der Waals surface area contributed by atoms with Crippen molar-refractivity contribution in [1.29, 1.82) is 0 Å². The molecule has 6 heterocycles. The van der Waals surface area contributed by atoms with Crippen molar-refractivity contribution in [1.82, 2.24) is 16.9 Å². The molecule has 69 heavy (non-hydrogen) atoms. The zero-order valence-corrected chi connectivity index (χ0v) is 38.1. The van der Waals surface area contributed by atoms with E-state index in [1.807, 2.05) is 0 Å². The molecule has 0 radical (unpaired) electrons. The Bertz CT molecular complexity index is 4450. The Labute approximate surface area is 394 Å². The average molecular weight is 889 g/mol. The van der Waals surface area contributed by atoms with Gasteiger partial charge in [-0.25, -0.2) is 0 Å². The van der Waals surface area contributed by atoms with Crippen molar-refractivity contribution in [3.05, 3.63) is 218 Å². The summed E-state index contributed by atoms with van der Waals surface area (Å²) >= 11 is 0. The predicted molar refractivity (Wildman–Crippen MR) is 293 cm³/mol. The molecule has 0 amide bonds. The summed E-state index contributed by atoms with van der Waals surface area (Å²) in [5.41, 5.74) is 10.1. The van der Waals surface area contributed by atoms with Crippen molar-refractivity contribution in [3.8, 4) is 22.8 Å². The van der Waals surface area contributed by atoms with Gasteiger partial charge in [0.05, 0.1) is 22.8 Å². The molecular formula is C64H36N4Si. The van der Waals surface area contributed by atoms with Gasteiger partial charge in [-0.1, -0.05) is 146 Å². The number of hydrogen-bond acceptors (Lipinski definition) is 0. The van der Waals surface area contributed by atoms with E-state index in [0.29, 0.717) is 0 Å². The first kappa shape index (κ1) is 35.3. The number of nitrogens with zero attached hydrogens (tertiary/aromatic N) is 4. The smallest absolute Gasteiger partial charge is 0.313 e. The van der Waals surface area contributed by atoms with E-state index in [1.54, 1.807) is 0 Å². The normalized spacial score (nSPS) is 13.9. The van der Waals surface area contributed by atoms with Crippen LogP contribution in [0.4, 0.5) is 0 Å². The molecule has 316 valence electrons. The first-order valence-electron chi connectivity index (χ1n) is 24.1. The summed E-state index contributed by atoms with van der Waals surface area (Å²) in [6.07, 6.45) is 0. The molecule has 2 aliphatic heterocycles. The Kier molecular flexibility index (Phi) is 6.12. The maximum Gasteiger partial charge on any atom is 0.522 e. The minimum absolute atomic E-state index is 1.26. The van der Waals surface area contributed by atoms with Gasteiger partial charge in [0.25, 0.3) is 0 Å². The lowest BCUT2D eigenvalue weighted by Crippen LogP contribution is -2.59. The molecule has 0 bridgehead atoms. The van der Waals surface area contributed by atoms with E-state index in [1.165, 1.54) is 153 Å². The molecule has 5 heteroatoms. The molecule has 16 aromatic rings. The Morgan fingerprint density at radius 1 is 0.188 bits per heavy atom. The molecule has 0 aliphatic carbocycles. The Morgan fingerprint density at radius 2 is 0.420 bits per heavy atom. The van der Waals surface area contributed by atoms with Crippen LogP contribution in [0.2, 0.25) is 0 Å². The second kappa shape index (κ2) is 12.0. The van der Waals surface area contributed by atoms with Crippen LogP contribution in [-0.2, 0) is 0 Å². The number of aromatic nitrogens is 4. The molecule has 1 spiro atoms. The minimum Gasteiger partial charge on any atom is -0.313 e. The summed E-state index contributed by atoms with van der Waals surface area (Å²) in [6, 6.07) is 83.8. The van der Waals surface area contributed by atoms with Crippen molar-refractivity contribution >= 4 is 139 Å². The Hall–Kier alpha value is -8.90. The fraction of sp³-hybridized carbons (Fsp3) is 0. The Balaban J connectivity index is 1.06. The number of hydrogen-bond donors (Lipinski definition) is 0. The van der Waals surface area contributed by atoms with Gasteiger partial charge in [-0.2, -0.15) is 0 Å². The van der Waals surface area contributed by atoms with Crippen LogP contribution in [0.3, 0.4) is 0 Å². The fourth-order valence-corrected chi connectivity index (χ4v) is 18.8. The standard InChI is InChI=1S/C64H36N4Si/c1-5-13-49-37(9-1)17-21-41-29-57-45(25-53(41)49)33-61-62-34-46-26-54-42(22-18-38-10-2-6-14-50(38)54)30-58(46)66(62)69(65(57)61)67-59-31-43-23-19-39-11-3-7-15-51(39)55(43)27-47(59)35-63(67)64-36-48-28-56-44(32-60(48)68(64)69)24-20-40-12-4-8-16-52(40)56/h1-36H. The van der Waals surface area contributed by atoms with Crippen LogP contribution in [0.1, 0.15) is 0 Å². The monoisotopic (exact) mass is 888 g/mol. The van der Waals surface area contributed by atoms with Crippen LogP contribution in [0.5, 0.6) is 0 Å². The molecule has 2 aliphatic rings. The predicted octanol–water partition coefficient (Wildman–Crippen LogP) is 16.6. The van der Waals surface area contributed by atoms with Crippen LogP contribution >= 0.6 is 0 Å². The van der Waals surface area contributed by atoms with Gasteiger partial charge in [0.2, 0.25) is 0 Å². The third kappa shape index (κ3) is 4.16. The van der Waals surface area contributed by atoms with Crippen molar-refractivity contribution in [2.24, 2.45) is 0 Å².